The van der Waals surface area contributed by atoms with E-state index < -0.39 is 18.1 Å². The van der Waals surface area contributed by atoms with Gasteiger partial charge in [-0.15, -0.1) is 0 Å². The van der Waals surface area contributed by atoms with E-state index in [9.17, 15) is 14.4 Å². The summed E-state index contributed by atoms with van der Waals surface area (Å²) >= 11 is -0.293. The second-order valence-corrected chi connectivity index (χ2v) is 8.31. The van der Waals surface area contributed by atoms with Crippen LogP contribution in [-0.4, -0.2) is 43.3 Å². The molecule has 27 heavy (non-hydrogen) atoms. The van der Waals surface area contributed by atoms with Gasteiger partial charge in [-0.3, -0.25) is 0 Å². The van der Waals surface area contributed by atoms with Crippen molar-refractivity contribution in [3.05, 3.63) is 70.5 Å². The molecule has 1 amide bonds. The number of hydrogen-bond donors (Lipinski definition) is 1. The Bertz CT molecular complexity index is 1010. The normalized spacial score (nSPS) is 13.1. The molecule has 1 N–H and O–H groups in total. The minimum absolute atomic E-state index is 0.146. The quantitative estimate of drug-likeness (QED) is 0.474. The standard InChI is InChI=1S/C20H20N2O4Se/c1-13(20(25)26-2)21-18(23)16(12-14-8-4-3-5-9-14)22-19(24)15-10-6-7-11-17(15)27-22/h3-11,13,16H,12H2,1-2H3,(H,21,23)/t13-,16-/m0/s1. The molecule has 0 aliphatic heterocycles. The Balaban J connectivity index is 1.98. The van der Waals surface area contributed by atoms with E-state index in [0.29, 0.717) is 11.8 Å². The van der Waals surface area contributed by atoms with Crippen LogP contribution in [0.25, 0.3) is 9.65 Å². The first-order valence-corrected chi connectivity index (χ1v) is 10.2. The number of esters is 1. The summed E-state index contributed by atoms with van der Waals surface area (Å²) in [6.07, 6.45) is 0.377. The first-order valence-electron chi connectivity index (χ1n) is 8.54. The Morgan fingerprint density at radius 2 is 1.78 bits per heavy atom. The van der Waals surface area contributed by atoms with E-state index >= 15 is 0 Å². The Morgan fingerprint density at radius 3 is 2.44 bits per heavy atom. The number of nitrogens with zero attached hydrogens (tertiary/aromatic N) is 1. The van der Waals surface area contributed by atoms with Crippen LogP contribution in [0.1, 0.15) is 18.5 Å². The number of carbonyl (C=O) groups excluding carboxylic acids is 2. The summed E-state index contributed by atoms with van der Waals surface area (Å²) in [5, 5.41) is 3.32. The van der Waals surface area contributed by atoms with Gasteiger partial charge in [0, 0.05) is 0 Å². The van der Waals surface area contributed by atoms with Gasteiger partial charge in [0.15, 0.2) is 0 Å². The van der Waals surface area contributed by atoms with Crippen molar-refractivity contribution in [3.8, 4) is 0 Å². The van der Waals surface area contributed by atoms with Crippen LogP contribution >= 0.6 is 0 Å². The Hall–Kier alpha value is -2.63. The van der Waals surface area contributed by atoms with Gasteiger partial charge in [-0.1, -0.05) is 0 Å². The van der Waals surface area contributed by atoms with Gasteiger partial charge < -0.3 is 0 Å². The molecule has 0 bridgehead atoms. The number of fused-ring (bicyclic) bond motifs is 1. The van der Waals surface area contributed by atoms with E-state index in [1.807, 2.05) is 48.5 Å². The van der Waals surface area contributed by atoms with Gasteiger partial charge in [0.2, 0.25) is 0 Å². The second-order valence-electron chi connectivity index (χ2n) is 6.18. The molecule has 0 unspecified atom stereocenters. The fourth-order valence-electron chi connectivity index (χ4n) is 2.86. The number of hydrogen-bond acceptors (Lipinski definition) is 4. The number of nitrogens with one attached hydrogen (secondary N) is 1. The third kappa shape index (κ3) is 4.21. The summed E-state index contributed by atoms with van der Waals surface area (Å²) in [5.74, 6) is -0.886. The molecule has 3 rings (SSSR count). The topological polar surface area (TPSA) is 77.4 Å². The molecule has 6 nitrogen and oxygen atoms in total. The minimum atomic E-state index is -0.784. The molecular formula is C20H20N2O4Se. The zero-order chi connectivity index (χ0) is 19.4. The predicted molar refractivity (Wildman–Crippen MR) is 104 cm³/mol. The van der Waals surface area contributed by atoms with Crippen LogP contribution in [0.5, 0.6) is 0 Å². The zero-order valence-corrected chi connectivity index (χ0v) is 16.8. The number of amides is 1. The third-order valence-corrected chi connectivity index (χ3v) is 6.74. The molecule has 0 aliphatic rings. The monoisotopic (exact) mass is 432 g/mol. The van der Waals surface area contributed by atoms with E-state index in [2.05, 4.69) is 10.1 Å². The van der Waals surface area contributed by atoms with Gasteiger partial charge in [0.1, 0.15) is 0 Å². The van der Waals surface area contributed by atoms with E-state index in [-0.39, 0.29) is 26.2 Å². The molecule has 2 aromatic carbocycles. The number of benzene rings is 2. The molecule has 1 aromatic heterocycles. The summed E-state index contributed by atoms with van der Waals surface area (Å²) in [5.41, 5.74) is 0.801. The average Bonchev–Trinajstić information content (AvgIpc) is 3.02. The van der Waals surface area contributed by atoms with E-state index in [1.54, 1.807) is 16.6 Å². The molecule has 0 radical (unpaired) electrons. The second kappa shape index (κ2) is 8.37. The van der Waals surface area contributed by atoms with Gasteiger partial charge in [-0.25, -0.2) is 0 Å². The Morgan fingerprint density at radius 1 is 1.11 bits per heavy atom. The van der Waals surface area contributed by atoms with Gasteiger partial charge >= 0.3 is 163 Å². The first kappa shape index (κ1) is 19.1. The summed E-state index contributed by atoms with van der Waals surface area (Å²) in [7, 11) is 1.27. The maximum absolute atomic E-state index is 13.0. The van der Waals surface area contributed by atoms with Crippen molar-refractivity contribution in [1.29, 1.82) is 0 Å². The van der Waals surface area contributed by atoms with Crippen molar-refractivity contribution < 1.29 is 14.3 Å². The molecule has 0 aliphatic carbocycles. The van der Waals surface area contributed by atoms with Crippen LogP contribution in [-0.2, 0) is 20.7 Å². The molecule has 0 fully saturated rings. The number of rotatable bonds is 6. The zero-order valence-electron chi connectivity index (χ0n) is 15.0. The van der Waals surface area contributed by atoms with Crippen molar-refractivity contribution in [3.63, 3.8) is 0 Å². The molecule has 3 aromatic rings. The van der Waals surface area contributed by atoms with Gasteiger partial charge in [-0.05, 0) is 0 Å². The van der Waals surface area contributed by atoms with Gasteiger partial charge in [0.05, 0.1) is 0 Å². The van der Waals surface area contributed by atoms with Crippen molar-refractivity contribution in [2.24, 2.45) is 0 Å². The fourth-order valence-corrected chi connectivity index (χ4v) is 5.13. The average molecular weight is 431 g/mol. The summed E-state index contributed by atoms with van der Waals surface area (Å²) in [4.78, 5) is 37.5. The van der Waals surface area contributed by atoms with E-state index in [0.717, 1.165) is 9.82 Å². The number of carbonyl (C=O) groups is 2. The van der Waals surface area contributed by atoms with Crippen molar-refractivity contribution in [2.45, 2.75) is 25.4 Å². The van der Waals surface area contributed by atoms with Crippen LogP contribution in [0.15, 0.2) is 59.4 Å². The fraction of sp³-hybridized carbons (Fsp3) is 0.250. The van der Waals surface area contributed by atoms with Crippen LogP contribution in [0.2, 0.25) is 0 Å². The number of methoxy groups -OCH3 is 1. The molecule has 7 heteroatoms. The SMILES string of the molecule is COC(=O)[C@H](C)NC(=O)[C@H](Cc1ccccc1)n1[se]c2ccccc2c1=O. The van der Waals surface area contributed by atoms with Gasteiger partial charge in [-0.2, -0.15) is 0 Å². The maximum atomic E-state index is 13.0. The van der Waals surface area contributed by atoms with E-state index in [1.165, 1.54) is 7.11 Å². The Kier molecular flexibility index (Phi) is 5.94. The summed E-state index contributed by atoms with van der Waals surface area (Å²) in [6, 6.07) is 15.5. The molecule has 0 spiro atoms. The first-order chi connectivity index (χ1) is 13.0. The van der Waals surface area contributed by atoms with E-state index in [4.69, 9.17) is 0 Å². The van der Waals surface area contributed by atoms with Crippen LogP contribution < -0.4 is 10.9 Å². The number of aromatic nitrogens is 1. The van der Waals surface area contributed by atoms with Crippen LogP contribution in [0, 0.1) is 0 Å². The number of ether oxygens (including phenoxy) is 1. The molecule has 1 heterocycles. The summed E-state index contributed by atoms with van der Waals surface area (Å²) in [6.45, 7) is 1.56. The van der Waals surface area contributed by atoms with Crippen LogP contribution in [0.3, 0.4) is 0 Å². The molecule has 140 valence electrons. The molecule has 0 saturated heterocycles. The summed E-state index contributed by atoms with van der Waals surface area (Å²) < 4.78 is 7.27. The molecule has 2 atom stereocenters. The molecule has 0 saturated carbocycles. The van der Waals surface area contributed by atoms with Crippen molar-refractivity contribution in [1.82, 2.24) is 8.88 Å². The Labute approximate surface area is 162 Å². The van der Waals surface area contributed by atoms with Crippen LogP contribution in [0.4, 0.5) is 0 Å². The molecular weight excluding hydrogens is 411 g/mol. The van der Waals surface area contributed by atoms with Crippen molar-refractivity contribution in [2.75, 3.05) is 7.11 Å². The van der Waals surface area contributed by atoms with Gasteiger partial charge in [0.25, 0.3) is 0 Å². The third-order valence-electron chi connectivity index (χ3n) is 4.29. The predicted octanol–water partition coefficient (Wildman–Crippen LogP) is 1.52. The van der Waals surface area contributed by atoms with Crippen molar-refractivity contribution >= 4 is 36.3 Å².